The number of hydrogen-bond acceptors (Lipinski definition) is 6. The summed E-state index contributed by atoms with van der Waals surface area (Å²) in [6.07, 6.45) is 0. The number of benzene rings is 3. The van der Waals surface area contributed by atoms with E-state index in [1.54, 1.807) is 26.4 Å². The summed E-state index contributed by atoms with van der Waals surface area (Å²) in [6.45, 7) is 0.479. The van der Waals surface area contributed by atoms with E-state index < -0.39 is 0 Å². The van der Waals surface area contributed by atoms with Crippen LogP contribution in [-0.4, -0.2) is 34.9 Å². The first kappa shape index (κ1) is 20.2. The lowest BCUT2D eigenvalue weighted by Gasteiger charge is -2.08. The molecule has 0 aliphatic heterocycles. The SMILES string of the molecule is COc1ccc(CNc2nc(-c3ccc(OC)cc3)nn2C(=O)c2ccccc2)cc1. The Hall–Kier alpha value is -4.13. The first-order valence-corrected chi connectivity index (χ1v) is 9.76. The summed E-state index contributed by atoms with van der Waals surface area (Å²) in [7, 11) is 3.24. The standard InChI is InChI=1S/C24H22N4O3/c1-30-20-12-8-17(9-13-20)16-25-24-26-22(18-10-14-21(31-2)15-11-18)27-28(24)23(29)19-6-4-3-5-7-19/h3-15H,16H2,1-2H3,(H,25,26,27). The van der Waals surface area contributed by atoms with Gasteiger partial charge in [-0.25, -0.2) is 0 Å². The number of ether oxygens (including phenoxy) is 2. The van der Waals surface area contributed by atoms with E-state index >= 15 is 0 Å². The van der Waals surface area contributed by atoms with Crippen molar-refractivity contribution in [1.82, 2.24) is 14.8 Å². The van der Waals surface area contributed by atoms with E-state index in [0.29, 0.717) is 23.9 Å². The van der Waals surface area contributed by atoms with Crippen LogP contribution in [0.3, 0.4) is 0 Å². The Balaban J connectivity index is 1.65. The van der Waals surface area contributed by atoms with Gasteiger partial charge in [-0.15, -0.1) is 5.10 Å². The Morgan fingerprint density at radius 2 is 1.48 bits per heavy atom. The smallest absolute Gasteiger partial charge is 0.281 e. The minimum Gasteiger partial charge on any atom is -0.497 e. The molecular formula is C24H22N4O3. The molecule has 3 aromatic carbocycles. The van der Waals surface area contributed by atoms with Crippen molar-refractivity contribution in [1.29, 1.82) is 0 Å². The number of hydrogen-bond donors (Lipinski definition) is 1. The van der Waals surface area contributed by atoms with Crippen LogP contribution < -0.4 is 14.8 Å². The molecule has 1 aromatic heterocycles. The fraction of sp³-hybridized carbons (Fsp3) is 0.125. The van der Waals surface area contributed by atoms with Crippen molar-refractivity contribution < 1.29 is 14.3 Å². The number of nitrogens with one attached hydrogen (secondary N) is 1. The molecule has 0 spiro atoms. The maximum atomic E-state index is 13.1. The highest BCUT2D eigenvalue weighted by atomic mass is 16.5. The van der Waals surface area contributed by atoms with E-state index in [9.17, 15) is 4.79 Å². The second-order valence-electron chi connectivity index (χ2n) is 6.77. The van der Waals surface area contributed by atoms with E-state index in [4.69, 9.17) is 9.47 Å². The number of carbonyl (C=O) groups is 1. The molecule has 31 heavy (non-hydrogen) atoms. The van der Waals surface area contributed by atoms with Crippen molar-refractivity contribution in [3.63, 3.8) is 0 Å². The van der Waals surface area contributed by atoms with Gasteiger partial charge >= 0.3 is 0 Å². The molecule has 7 heteroatoms. The van der Waals surface area contributed by atoms with E-state index in [-0.39, 0.29) is 5.91 Å². The van der Waals surface area contributed by atoms with Crippen LogP contribution >= 0.6 is 0 Å². The molecule has 4 aromatic rings. The molecule has 0 aliphatic carbocycles. The van der Waals surface area contributed by atoms with Gasteiger partial charge in [-0.2, -0.15) is 9.67 Å². The summed E-state index contributed by atoms with van der Waals surface area (Å²) in [5, 5.41) is 7.72. The van der Waals surface area contributed by atoms with Gasteiger partial charge in [0, 0.05) is 17.7 Å². The molecule has 0 fully saturated rings. The first-order valence-electron chi connectivity index (χ1n) is 9.76. The van der Waals surface area contributed by atoms with Gasteiger partial charge in [-0.3, -0.25) is 4.79 Å². The third-order valence-corrected chi connectivity index (χ3v) is 4.78. The molecule has 0 amide bonds. The minimum absolute atomic E-state index is 0.259. The Kier molecular flexibility index (Phi) is 5.93. The number of anilines is 1. The van der Waals surface area contributed by atoms with Crippen molar-refractivity contribution >= 4 is 11.9 Å². The highest BCUT2D eigenvalue weighted by molar-refractivity contribution is 5.97. The third-order valence-electron chi connectivity index (χ3n) is 4.78. The molecular weight excluding hydrogens is 392 g/mol. The van der Waals surface area contributed by atoms with Gasteiger partial charge in [-0.05, 0) is 54.1 Å². The van der Waals surface area contributed by atoms with Crippen LogP contribution in [0.15, 0.2) is 78.9 Å². The second kappa shape index (κ2) is 9.13. The number of rotatable bonds is 7. The second-order valence-corrected chi connectivity index (χ2v) is 6.77. The van der Waals surface area contributed by atoms with Crippen molar-refractivity contribution in [2.75, 3.05) is 19.5 Å². The summed E-state index contributed by atoms with van der Waals surface area (Å²) in [5.74, 6) is 2.08. The maximum Gasteiger partial charge on any atom is 0.281 e. The highest BCUT2D eigenvalue weighted by Crippen LogP contribution is 2.22. The van der Waals surface area contributed by atoms with Gasteiger partial charge in [-0.1, -0.05) is 30.3 Å². The summed E-state index contributed by atoms with van der Waals surface area (Å²) in [4.78, 5) is 17.7. The van der Waals surface area contributed by atoms with Gasteiger partial charge in [0.25, 0.3) is 5.91 Å². The van der Waals surface area contributed by atoms with Crippen molar-refractivity contribution in [3.8, 4) is 22.9 Å². The van der Waals surface area contributed by atoms with Crippen molar-refractivity contribution in [2.24, 2.45) is 0 Å². The van der Waals surface area contributed by atoms with E-state index in [0.717, 1.165) is 22.6 Å². The minimum atomic E-state index is -0.259. The molecule has 7 nitrogen and oxygen atoms in total. The van der Waals surface area contributed by atoms with Gasteiger partial charge in [0.15, 0.2) is 5.82 Å². The normalized spacial score (nSPS) is 10.5. The fourth-order valence-corrected chi connectivity index (χ4v) is 3.06. The number of methoxy groups -OCH3 is 2. The molecule has 0 aliphatic rings. The summed E-state index contributed by atoms with van der Waals surface area (Å²) >= 11 is 0. The van der Waals surface area contributed by atoms with Crippen LogP contribution in [0.4, 0.5) is 5.95 Å². The fourth-order valence-electron chi connectivity index (χ4n) is 3.06. The molecule has 0 unspecified atom stereocenters. The van der Waals surface area contributed by atoms with Gasteiger partial charge in [0.2, 0.25) is 5.95 Å². The number of aromatic nitrogens is 3. The molecule has 0 radical (unpaired) electrons. The zero-order valence-electron chi connectivity index (χ0n) is 17.3. The zero-order valence-corrected chi connectivity index (χ0v) is 17.3. The van der Waals surface area contributed by atoms with E-state index in [2.05, 4.69) is 15.4 Å². The molecule has 1 heterocycles. The number of carbonyl (C=O) groups excluding carboxylic acids is 1. The average Bonchev–Trinajstić information content (AvgIpc) is 3.27. The molecule has 156 valence electrons. The topological polar surface area (TPSA) is 78.3 Å². The lowest BCUT2D eigenvalue weighted by atomic mass is 10.2. The van der Waals surface area contributed by atoms with Crippen LogP contribution in [0.1, 0.15) is 15.9 Å². The summed E-state index contributed by atoms with van der Waals surface area (Å²) in [6, 6.07) is 24.1. The van der Waals surface area contributed by atoms with Crippen molar-refractivity contribution in [3.05, 3.63) is 90.0 Å². The van der Waals surface area contributed by atoms with E-state index in [1.807, 2.05) is 66.7 Å². The lowest BCUT2D eigenvalue weighted by molar-refractivity contribution is 0.0947. The Morgan fingerprint density at radius 1 is 0.871 bits per heavy atom. The van der Waals surface area contributed by atoms with Crippen molar-refractivity contribution in [2.45, 2.75) is 6.54 Å². The lowest BCUT2D eigenvalue weighted by Crippen LogP contribution is -2.17. The van der Waals surface area contributed by atoms with Gasteiger partial charge < -0.3 is 14.8 Å². The molecule has 0 atom stereocenters. The summed E-state index contributed by atoms with van der Waals surface area (Å²) < 4.78 is 11.7. The Bertz CT molecular complexity index is 1150. The van der Waals surface area contributed by atoms with Crippen LogP contribution in [0.25, 0.3) is 11.4 Å². The predicted octanol–water partition coefficient (Wildman–Crippen LogP) is 4.26. The van der Waals surface area contributed by atoms with Crippen LogP contribution in [0.2, 0.25) is 0 Å². The van der Waals surface area contributed by atoms with Crippen LogP contribution in [0.5, 0.6) is 11.5 Å². The quantitative estimate of drug-likeness (QED) is 0.487. The van der Waals surface area contributed by atoms with Gasteiger partial charge in [0.05, 0.1) is 14.2 Å². The molecule has 0 bridgehead atoms. The average molecular weight is 414 g/mol. The van der Waals surface area contributed by atoms with E-state index in [1.165, 1.54) is 4.68 Å². The predicted molar refractivity (Wildman–Crippen MR) is 119 cm³/mol. The molecule has 4 rings (SSSR count). The molecule has 0 saturated carbocycles. The highest BCUT2D eigenvalue weighted by Gasteiger charge is 2.18. The van der Waals surface area contributed by atoms with Crippen LogP contribution in [-0.2, 0) is 6.54 Å². The Morgan fingerprint density at radius 3 is 2.10 bits per heavy atom. The third kappa shape index (κ3) is 4.56. The molecule has 0 saturated heterocycles. The van der Waals surface area contributed by atoms with Gasteiger partial charge in [0.1, 0.15) is 11.5 Å². The summed E-state index contributed by atoms with van der Waals surface area (Å²) in [5.41, 5.74) is 2.34. The van der Waals surface area contributed by atoms with Crippen LogP contribution in [0, 0.1) is 0 Å². The Labute approximate surface area is 180 Å². The zero-order chi connectivity index (χ0) is 21.6. The maximum absolute atomic E-state index is 13.1. The first-order chi connectivity index (χ1) is 15.2. The molecule has 1 N–H and O–H groups in total. The largest absolute Gasteiger partial charge is 0.497 e. The number of nitrogens with zero attached hydrogens (tertiary/aromatic N) is 3. The monoisotopic (exact) mass is 414 g/mol.